The van der Waals surface area contributed by atoms with Gasteiger partial charge in [-0.15, -0.1) is 0 Å². The number of hydrogen-bond acceptors (Lipinski definition) is 3. The second-order valence-electron chi connectivity index (χ2n) is 6.12. The molecule has 0 unspecified atom stereocenters. The lowest BCUT2D eigenvalue weighted by Crippen LogP contribution is -2.50. The molecule has 6 heteroatoms. The molecule has 1 fully saturated rings. The van der Waals surface area contributed by atoms with E-state index < -0.39 is 6.09 Å². The number of piperidine rings is 1. The highest BCUT2D eigenvalue weighted by Gasteiger charge is 2.24. The Morgan fingerprint density at radius 1 is 1.26 bits per heavy atom. The molecule has 0 saturated carbocycles. The predicted octanol–water partition coefficient (Wildman–Crippen LogP) is 1.56. The monoisotopic (exact) mass is 271 g/mol. The Balaban J connectivity index is 2.29. The maximum Gasteiger partial charge on any atom is 0.407 e. The number of alkyl carbamates (subject to hydrolysis) is 1. The van der Waals surface area contributed by atoms with Crippen LogP contribution in [0.3, 0.4) is 0 Å². The molecule has 1 aliphatic heterocycles. The SMILES string of the molecule is COC(=O)NC1CCN(C(=O)NCC(C)(C)C)CC1. The first-order valence-corrected chi connectivity index (χ1v) is 6.69. The van der Waals surface area contributed by atoms with Gasteiger partial charge in [0.25, 0.3) is 0 Å². The van der Waals surface area contributed by atoms with Crippen molar-refractivity contribution in [1.29, 1.82) is 0 Å². The minimum absolute atomic E-state index is 0.0218. The lowest BCUT2D eigenvalue weighted by molar-refractivity contribution is 0.151. The van der Waals surface area contributed by atoms with Gasteiger partial charge in [-0.1, -0.05) is 20.8 Å². The van der Waals surface area contributed by atoms with Gasteiger partial charge < -0.3 is 20.3 Å². The van der Waals surface area contributed by atoms with Crippen LogP contribution in [0, 0.1) is 5.41 Å². The Kier molecular flexibility index (Phi) is 5.44. The summed E-state index contributed by atoms with van der Waals surface area (Å²) in [4.78, 5) is 24.8. The zero-order valence-electron chi connectivity index (χ0n) is 12.3. The van der Waals surface area contributed by atoms with E-state index in [1.165, 1.54) is 7.11 Å². The predicted molar refractivity (Wildman–Crippen MR) is 73.0 cm³/mol. The summed E-state index contributed by atoms with van der Waals surface area (Å²) in [5, 5.41) is 5.70. The molecule has 0 radical (unpaired) electrons. The molecule has 1 aliphatic rings. The van der Waals surface area contributed by atoms with E-state index in [2.05, 4.69) is 36.1 Å². The van der Waals surface area contributed by atoms with Crippen LogP contribution in [0.5, 0.6) is 0 Å². The summed E-state index contributed by atoms with van der Waals surface area (Å²) in [5.41, 5.74) is 0.0838. The average Bonchev–Trinajstić information content (AvgIpc) is 2.36. The molecule has 2 N–H and O–H groups in total. The number of carbonyl (C=O) groups excluding carboxylic acids is 2. The molecule has 0 aromatic carbocycles. The lowest BCUT2D eigenvalue weighted by Gasteiger charge is -2.32. The van der Waals surface area contributed by atoms with Crippen molar-refractivity contribution in [1.82, 2.24) is 15.5 Å². The number of likely N-dealkylation sites (tertiary alicyclic amines) is 1. The summed E-state index contributed by atoms with van der Waals surface area (Å²) >= 11 is 0. The van der Waals surface area contributed by atoms with Gasteiger partial charge in [-0.05, 0) is 18.3 Å². The van der Waals surface area contributed by atoms with Crippen LogP contribution in [-0.2, 0) is 4.74 Å². The standard InChI is InChI=1S/C13H25N3O3/c1-13(2,3)9-14-11(17)16-7-5-10(6-8-16)15-12(18)19-4/h10H,5-9H2,1-4H3,(H,14,17)(H,15,18). The van der Waals surface area contributed by atoms with Crippen molar-refractivity contribution >= 4 is 12.1 Å². The highest BCUT2D eigenvalue weighted by atomic mass is 16.5. The summed E-state index contributed by atoms with van der Waals surface area (Å²) in [6, 6.07) is 0.0746. The van der Waals surface area contributed by atoms with Gasteiger partial charge in [-0.25, -0.2) is 9.59 Å². The van der Waals surface area contributed by atoms with Crippen molar-refractivity contribution in [2.45, 2.75) is 39.7 Å². The molecule has 6 nitrogen and oxygen atoms in total. The molecular weight excluding hydrogens is 246 g/mol. The maximum absolute atomic E-state index is 11.9. The Morgan fingerprint density at radius 2 is 1.84 bits per heavy atom. The third-order valence-corrected chi connectivity index (χ3v) is 3.06. The van der Waals surface area contributed by atoms with Gasteiger partial charge in [0.05, 0.1) is 7.11 Å². The van der Waals surface area contributed by atoms with Crippen LogP contribution < -0.4 is 10.6 Å². The van der Waals surface area contributed by atoms with Crippen LogP contribution in [0.2, 0.25) is 0 Å². The van der Waals surface area contributed by atoms with Gasteiger partial charge in [0.1, 0.15) is 0 Å². The first-order chi connectivity index (χ1) is 8.81. The van der Waals surface area contributed by atoms with Crippen molar-refractivity contribution in [2.24, 2.45) is 5.41 Å². The molecule has 0 atom stereocenters. The van der Waals surface area contributed by atoms with Crippen LogP contribution >= 0.6 is 0 Å². The molecule has 0 bridgehead atoms. The first kappa shape index (κ1) is 15.6. The van der Waals surface area contributed by atoms with Crippen LogP contribution in [0.4, 0.5) is 9.59 Å². The van der Waals surface area contributed by atoms with Crippen molar-refractivity contribution in [3.05, 3.63) is 0 Å². The summed E-state index contributed by atoms with van der Waals surface area (Å²) < 4.78 is 4.56. The smallest absolute Gasteiger partial charge is 0.407 e. The average molecular weight is 271 g/mol. The molecule has 1 heterocycles. The highest BCUT2D eigenvalue weighted by molar-refractivity contribution is 5.74. The number of rotatable bonds is 2. The zero-order chi connectivity index (χ0) is 14.5. The van der Waals surface area contributed by atoms with E-state index in [0.717, 1.165) is 12.8 Å². The molecule has 110 valence electrons. The molecular formula is C13H25N3O3. The fraction of sp³-hybridized carbons (Fsp3) is 0.846. The Labute approximate surface area is 114 Å². The molecule has 1 saturated heterocycles. The second kappa shape index (κ2) is 6.63. The normalized spacial score (nSPS) is 16.9. The fourth-order valence-corrected chi connectivity index (χ4v) is 1.91. The van der Waals surface area contributed by atoms with Crippen LogP contribution in [0.25, 0.3) is 0 Å². The number of ether oxygens (including phenoxy) is 1. The van der Waals surface area contributed by atoms with E-state index in [1.807, 2.05) is 0 Å². The topological polar surface area (TPSA) is 70.7 Å². The van der Waals surface area contributed by atoms with Gasteiger partial charge in [-0.3, -0.25) is 0 Å². The fourth-order valence-electron chi connectivity index (χ4n) is 1.91. The lowest BCUT2D eigenvalue weighted by atomic mass is 9.97. The molecule has 0 aromatic heterocycles. The Bertz CT molecular complexity index is 318. The van der Waals surface area contributed by atoms with E-state index in [9.17, 15) is 9.59 Å². The van der Waals surface area contributed by atoms with Crippen LogP contribution in [-0.4, -0.2) is 49.8 Å². The molecule has 3 amide bonds. The number of hydrogen-bond donors (Lipinski definition) is 2. The van der Waals surface area contributed by atoms with Gasteiger partial charge in [0.15, 0.2) is 0 Å². The molecule has 19 heavy (non-hydrogen) atoms. The highest BCUT2D eigenvalue weighted by Crippen LogP contribution is 2.13. The van der Waals surface area contributed by atoms with Gasteiger partial charge in [-0.2, -0.15) is 0 Å². The summed E-state index contributed by atoms with van der Waals surface area (Å²) in [5.74, 6) is 0. The van der Waals surface area contributed by atoms with Crippen LogP contribution in [0.15, 0.2) is 0 Å². The van der Waals surface area contributed by atoms with Gasteiger partial charge >= 0.3 is 12.1 Å². The number of carbonyl (C=O) groups is 2. The van der Waals surface area contributed by atoms with Gasteiger partial charge in [0, 0.05) is 25.7 Å². The zero-order valence-corrected chi connectivity index (χ0v) is 12.3. The van der Waals surface area contributed by atoms with Crippen molar-refractivity contribution in [3.63, 3.8) is 0 Å². The Morgan fingerprint density at radius 3 is 2.32 bits per heavy atom. The van der Waals surface area contributed by atoms with E-state index in [4.69, 9.17) is 0 Å². The van der Waals surface area contributed by atoms with E-state index in [1.54, 1.807) is 4.90 Å². The molecule has 0 aliphatic carbocycles. The molecule has 1 rings (SSSR count). The second-order valence-corrected chi connectivity index (χ2v) is 6.12. The summed E-state index contributed by atoms with van der Waals surface area (Å²) in [6.45, 7) is 8.22. The first-order valence-electron chi connectivity index (χ1n) is 6.69. The minimum atomic E-state index is -0.407. The largest absolute Gasteiger partial charge is 0.453 e. The van der Waals surface area contributed by atoms with Crippen LogP contribution in [0.1, 0.15) is 33.6 Å². The van der Waals surface area contributed by atoms with Crippen molar-refractivity contribution in [2.75, 3.05) is 26.7 Å². The number of amides is 3. The summed E-state index contributed by atoms with van der Waals surface area (Å²) in [6.07, 6.45) is 1.12. The van der Waals surface area contributed by atoms with E-state index in [0.29, 0.717) is 19.6 Å². The van der Waals surface area contributed by atoms with Crippen molar-refractivity contribution < 1.29 is 14.3 Å². The number of methoxy groups -OCH3 is 1. The quantitative estimate of drug-likeness (QED) is 0.800. The van der Waals surface area contributed by atoms with E-state index >= 15 is 0 Å². The van der Waals surface area contributed by atoms with Crippen molar-refractivity contribution in [3.8, 4) is 0 Å². The Hall–Kier alpha value is -1.46. The third-order valence-electron chi connectivity index (χ3n) is 3.06. The number of urea groups is 1. The number of nitrogens with one attached hydrogen (secondary N) is 2. The van der Waals surface area contributed by atoms with Gasteiger partial charge in [0.2, 0.25) is 0 Å². The maximum atomic E-state index is 11.9. The molecule has 0 aromatic rings. The molecule has 0 spiro atoms. The number of nitrogens with zero attached hydrogens (tertiary/aromatic N) is 1. The van der Waals surface area contributed by atoms with E-state index in [-0.39, 0.29) is 17.5 Å². The summed E-state index contributed by atoms with van der Waals surface area (Å²) in [7, 11) is 1.35. The third kappa shape index (κ3) is 5.81. The minimum Gasteiger partial charge on any atom is -0.453 e.